The zero-order chi connectivity index (χ0) is 14.4. The minimum Gasteiger partial charge on any atom is -0.465 e. The molecule has 1 rings (SSSR count). The van der Waals surface area contributed by atoms with Crippen molar-refractivity contribution in [1.82, 2.24) is 5.32 Å². The van der Waals surface area contributed by atoms with Crippen LogP contribution in [0.15, 0.2) is 24.3 Å². The van der Waals surface area contributed by atoms with E-state index in [0.29, 0.717) is 12.1 Å². The molecule has 0 aromatic heterocycles. The third-order valence-corrected chi connectivity index (χ3v) is 2.91. The summed E-state index contributed by atoms with van der Waals surface area (Å²) in [5.74, 6) is -0.703. The number of ether oxygens (including phenoxy) is 1. The van der Waals surface area contributed by atoms with Crippen LogP contribution in [0, 0.1) is 5.92 Å². The Hall–Kier alpha value is -1.88. The number of carbonyl (C=O) groups excluding carboxylic acids is 2. The van der Waals surface area contributed by atoms with Gasteiger partial charge < -0.3 is 15.8 Å². The summed E-state index contributed by atoms with van der Waals surface area (Å²) in [6, 6.07) is 6.68. The molecule has 1 aromatic rings. The third kappa shape index (κ3) is 4.06. The maximum Gasteiger partial charge on any atom is 0.338 e. The number of carbonyl (C=O) groups is 2. The van der Waals surface area contributed by atoms with Crippen LogP contribution in [0.4, 0.5) is 0 Å². The summed E-state index contributed by atoms with van der Waals surface area (Å²) in [4.78, 5) is 22.9. The standard InChI is InChI=1S/C14H20N2O3/c1-9(2)12(13(15)17)16-8-10-6-4-5-7-11(10)14(18)19-3/h4-7,9,12,16H,8H2,1-3H3,(H2,15,17). The van der Waals surface area contributed by atoms with E-state index in [1.165, 1.54) is 7.11 Å². The van der Waals surface area contributed by atoms with Gasteiger partial charge in [0.05, 0.1) is 18.7 Å². The second kappa shape index (κ2) is 6.89. The molecule has 0 saturated heterocycles. The summed E-state index contributed by atoms with van der Waals surface area (Å²) in [6.07, 6.45) is 0. The number of esters is 1. The molecule has 0 fully saturated rings. The van der Waals surface area contributed by atoms with E-state index in [2.05, 4.69) is 5.32 Å². The third-order valence-electron chi connectivity index (χ3n) is 2.91. The number of nitrogens with one attached hydrogen (secondary N) is 1. The van der Waals surface area contributed by atoms with Crippen molar-refractivity contribution in [3.8, 4) is 0 Å². The molecule has 1 unspecified atom stereocenters. The zero-order valence-electron chi connectivity index (χ0n) is 11.5. The summed E-state index contributed by atoms with van der Waals surface area (Å²) < 4.78 is 4.72. The first-order valence-corrected chi connectivity index (χ1v) is 6.16. The van der Waals surface area contributed by atoms with Crippen molar-refractivity contribution < 1.29 is 14.3 Å². The second-order valence-electron chi connectivity index (χ2n) is 4.65. The maximum atomic E-state index is 11.6. The van der Waals surface area contributed by atoms with E-state index >= 15 is 0 Å². The highest BCUT2D eigenvalue weighted by molar-refractivity contribution is 5.91. The summed E-state index contributed by atoms with van der Waals surface area (Å²) in [6.45, 7) is 4.21. The molecule has 5 nitrogen and oxygen atoms in total. The summed E-state index contributed by atoms with van der Waals surface area (Å²) in [7, 11) is 1.34. The Morgan fingerprint density at radius 2 is 1.95 bits per heavy atom. The van der Waals surface area contributed by atoms with Crippen LogP contribution in [-0.4, -0.2) is 25.0 Å². The molecule has 0 aliphatic heterocycles. The van der Waals surface area contributed by atoms with E-state index in [0.717, 1.165) is 5.56 Å². The van der Waals surface area contributed by atoms with Crippen LogP contribution in [0.2, 0.25) is 0 Å². The van der Waals surface area contributed by atoms with Crippen molar-refractivity contribution in [2.45, 2.75) is 26.4 Å². The van der Waals surface area contributed by atoms with Crippen LogP contribution in [-0.2, 0) is 16.1 Å². The summed E-state index contributed by atoms with van der Waals surface area (Å²) >= 11 is 0. The van der Waals surface area contributed by atoms with Crippen molar-refractivity contribution >= 4 is 11.9 Å². The fourth-order valence-corrected chi connectivity index (χ4v) is 1.87. The highest BCUT2D eigenvalue weighted by atomic mass is 16.5. The Balaban J connectivity index is 2.82. The average Bonchev–Trinajstić information content (AvgIpc) is 2.37. The number of amides is 1. The van der Waals surface area contributed by atoms with Gasteiger partial charge >= 0.3 is 5.97 Å². The fourth-order valence-electron chi connectivity index (χ4n) is 1.87. The highest BCUT2D eigenvalue weighted by Crippen LogP contribution is 2.11. The zero-order valence-corrected chi connectivity index (χ0v) is 11.5. The number of rotatable bonds is 6. The van der Waals surface area contributed by atoms with Gasteiger partial charge in [0.1, 0.15) is 0 Å². The monoisotopic (exact) mass is 264 g/mol. The molecular formula is C14H20N2O3. The van der Waals surface area contributed by atoms with Crippen LogP contribution < -0.4 is 11.1 Å². The van der Waals surface area contributed by atoms with E-state index in [9.17, 15) is 9.59 Å². The molecule has 0 saturated carbocycles. The quantitative estimate of drug-likeness (QED) is 0.753. The topological polar surface area (TPSA) is 81.4 Å². The molecule has 0 spiro atoms. The summed E-state index contributed by atoms with van der Waals surface area (Å²) in [5, 5.41) is 3.07. The van der Waals surface area contributed by atoms with Crippen molar-refractivity contribution in [2.75, 3.05) is 7.11 Å². The van der Waals surface area contributed by atoms with Gasteiger partial charge in [0, 0.05) is 6.54 Å². The molecule has 0 radical (unpaired) electrons. The number of benzene rings is 1. The van der Waals surface area contributed by atoms with Crippen molar-refractivity contribution in [2.24, 2.45) is 11.7 Å². The van der Waals surface area contributed by atoms with Crippen LogP contribution >= 0.6 is 0 Å². The molecular weight excluding hydrogens is 244 g/mol. The van der Waals surface area contributed by atoms with Gasteiger partial charge in [-0.25, -0.2) is 4.79 Å². The van der Waals surface area contributed by atoms with Crippen molar-refractivity contribution in [3.63, 3.8) is 0 Å². The molecule has 0 heterocycles. The van der Waals surface area contributed by atoms with E-state index in [4.69, 9.17) is 10.5 Å². The molecule has 5 heteroatoms. The van der Waals surface area contributed by atoms with Gasteiger partial charge in [-0.3, -0.25) is 4.79 Å². The SMILES string of the molecule is COC(=O)c1ccccc1CNC(C(N)=O)C(C)C. The van der Waals surface area contributed by atoms with Crippen LogP contribution in [0.25, 0.3) is 0 Å². The lowest BCUT2D eigenvalue weighted by Crippen LogP contribution is -2.44. The molecule has 1 aromatic carbocycles. The van der Waals surface area contributed by atoms with E-state index < -0.39 is 17.9 Å². The van der Waals surface area contributed by atoms with Gasteiger partial charge in [0.2, 0.25) is 5.91 Å². The number of nitrogens with two attached hydrogens (primary N) is 1. The van der Waals surface area contributed by atoms with E-state index in [1.807, 2.05) is 26.0 Å². The minimum absolute atomic E-state index is 0.0859. The molecule has 104 valence electrons. The van der Waals surface area contributed by atoms with Gasteiger partial charge in [-0.2, -0.15) is 0 Å². The van der Waals surface area contributed by atoms with Crippen LogP contribution in [0.5, 0.6) is 0 Å². The first-order chi connectivity index (χ1) is 8.97. The Morgan fingerprint density at radius 3 is 2.47 bits per heavy atom. The highest BCUT2D eigenvalue weighted by Gasteiger charge is 2.19. The van der Waals surface area contributed by atoms with Gasteiger partial charge in [-0.1, -0.05) is 32.0 Å². The number of hydrogen-bond acceptors (Lipinski definition) is 4. The van der Waals surface area contributed by atoms with E-state index in [-0.39, 0.29) is 5.92 Å². The summed E-state index contributed by atoms with van der Waals surface area (Å²) in [5.41, 5.74) is 6.60. The molecule has 0 bridgehead atoms. The first-order valence-electron chi connectivity index (χ1n) is 6.16. The molecule has 1 atom stereocenters. The minimum atomic E-state index is -0.425. The van der Waals surface area contributed by atoms with Crippen molar-refractivity contribution in [3.05, 3.63) is 35.4 Å². The average molecular weight is 264 g/mol. The van der Waals surface area contributed by atoms with Gasteiger partial charge in [-0.15, -0.1) is 0 Å². The lowest BCUT2D eigenvalue weighted by Gasteiger charge is -2.19. The molecule has 0 aliphatic carbocycles. The number of primary amides is 1. The lowest BCUT2D eigenvalue weighted by atomic mass is 10.0. The van der Waals surface area contributed by atoms with Crippen LogP contribution in [0.3, 0.4) is 0 Å². The maximum absolute atomic E-state index is 11.6. The molecule has 19 heavy (non-hydrogen) atoms. The van der Waals surface area contributed by atoms with Gasteiger partial charge in [-0.05, 0) is 17.5 Å². The molecule has 0 aliphatic rings. The largest absolute Gasteiger partial charge is 0.465 e. The Bertz CT molecular complexity index is 458. The molecule has 1 amide bonds. The smallest absolute Gasteiger partial charge is 0.338 e. The number of hydrogen-bond donors (Lipinski definition) is 2. The predicted molar refractivity (Wildman–Crippen MR) is 72.4 cm³/mol. The lowest BCUT2D eigenvalue weighted by molar-refractivity contribution is -0.121. The second-order valence-corrected chi connectivity index (χ2v) is 4.65. The fraction of sp³-hybridized carbons (Fsp3) is 0.429. The van der Waals surface area contributed by atoms with Crippen LogP contribution in [0.1, 0.15) is 29.8 Å². The van der Waals surface area contributed by atoms with Gasteiger partial charge in [0.15, 0.2) is 0 Å². The normalized spacial score (nSPS) is 12.2. The van der Waals surface area contributed by atoms with Gasteiger partial charge in [0.25, 0.3) is 0 Å². The predicted octanol–water partition coefficient (Wildman–Crippen LogP) is 1.07. The Kier molecular flexibility index (Phi) is 5.51. The Labute approximate surface area is 113 Å². The Morgan fingerprint density at radius 1 is 1.32 bits per heavy atom. The first kappa shape index (κ1) is 15.2. The molecule has 3 N–H and O–H groups in total. The van der Waals surface area contributed by atoms with Crippen molar-refractivity contribution in [1.29, 1.82) is 0 Å². The van der Waals surface area contributed by atoms with E-state index in [1.54, 1.807) is 12.1 Å². The number of methoxy groups -OCH3 is 1.